The van der Waals surface area contributed by atoms with Crippen LogP contribution in [0.5, 0.6) is 5.75 Å². The maximum atomic E-state index is 13.6. The van der Waals surface area contributed by atoms with E-state index in [9.17, 15) is 9.59 Å². The van der Waals surface area contributed by atoms with Gasteiger partial charge >= 0.3 is 0 Å². The first-order valence-corrected chi connectivity index (χ1v) is 12.0. The first-order chi connectivity index (χ1) is 16.7. The Hall–Kier alpha value is -3.60. The van der Waals surface area contributed by atoms with E-state index in [4.69, 9.17) is 4.74 Å². The smallest absolute Gasteiger partial charge is 0.261 e. The van der Waals surface area contributed by atoms with Crippen molar-refractivity contribution in [2.75, 3.05) is 6.61 Å². The minimum absolute atomic E-state index is 0.0975. The number of amides is 2. The van der Waals surface area contributed by atoms with Crippen molar-refractivity contribution in [3.8, 4) is 5.75 Å². The summed E-state index contributed by atoms with van der Waals surface area (Å²) in [5.41, 5.74) is 1.99. The zero-order valence-electron chi connectivity index (χ0n) is 19.4. The van der Waals surface area contributed by atoms with Crippen molar-refractivity contribution in [3.05, 3.63) is 102 Å². The maximum absolute atomic E-state index is 13.6. The summed E-state index contributed by atoms with van der Waals surface area (Å²) >= 11 is 0. The third kappa shape index (κ3) is 6.70. The molecule has 176 valence electrons. The van der Waals surface area contributed by atoms with Gasteiger partial charge in [-0.05, 0) is 36.1 Å². The number of hydrogen-bond donors (Lipinski definition) is 1. The molecule has 1 aliphatic carbocycles. The second kappa shape index (κ2) is 12.0. The number of hydrogen-bond acceptors (Lipinski definition) is 3. The average molecular weight is 457 g/mol. The van der Waals surface area contributed by atoms with E-state index in [0.29, 0.717) is 18.7 Å². The highest BCUT2D eigenvalue weighted by molar-refractivity contribution is 5.88. The number of benzene rings is 3. The van der Waals surface area contributed by atoms with Crippen LogP contribution in [-0.4, -0.2) is 35.4 Å². The third-order valence-corrected chi connectivity index (χ3v) is 6.27. The zero-order chi connectivity index (χ0) is 23.6. The van der Waals surface area contributed by atoms with Crippen LogP contribution in [0.25, 0.3) is 0 Å². The van der Waals surface area contributed by atoms with Gasteiger partial charge in [0.05, 0.1) is 0 Å². The van der Waals surface area contributed by atoms with Crippen LogP contribution in [-0.2, 0) is 22.6 Å². The number of carbonyl (C=O) groups excluding carboxylic acids is 2. The summed E-state index contributed by atoms with van der Waals surface area (Å²) in [6.45, 7) is 0.215. The lowest BCUT2D eigenvalue weighted by Gasteiger charge is -2.32. The highest BCUT2D eigenvalue weighted by Gasteiger charge is 2.32. The molecule has 1 N–H and O–H groups in total. The van der Waals surface area contributed by atoms with E-state index in [1.54, 1.807) is 4.90 Å². The minimum Gasteiger partial charge on any atom is -0.484 e. The van der Waals surface area contributed by atoms with Crippen molar-refractivity contribution >= 4 is 11.8 Å². The molecular weight excluding hydrogens is 424 g/mol. The average Bonchev–Trinajstić information content (AvgIpc) is 3.39. The largest absolute Gasteiger partial charge is 0.484 e. The molecule has 0 aliphatic heterocycles. The molecule has 1 atom stereocenters. The molecule has 0 saturated heterocycles. The Morgan fingerprint density at radius 1 is 0.824 bits per heavy atom. The van der Waals surface area contributed by atoms with Crippen LogP contribution in [0.1, 0.15) is 36.8 Å². The van der Waals surface area contributed by atoms with E-state index in [1.165, 1.54) is 0 Å². The van der Waals surface area contributed by atoms with Gasteiger partial charge in [0, 0.05) is 19.0 Å². The predicted octanol–water partition coefficient (Wildman–Crippen LogP) is 4.76. The van der Waals surface area contributed by atoms with Crippen molar-refractivity contribution < 1.29 is 14.3 Å². The molecule has 1 aliphatic rings. The van der Waals surface area contributed by atoms with E-state index < -0.39 is 6.04 Å². The first kappa shape index (κ1) is 23.6. The maximum Gasteiger partial charge on any atom is 0.261 e. The van der Waals surface area contributed by atoms with Gasteiger partial charge in [-0.25, -0.2) is 0 Å². The number of nitrogens with zero attached hydrogens (tertiary/aromatic N) is 1. The molecule has 3 aromatic rings. The lowest BCUT2D eigenvalue weighted by atomic mass is 10.0. The Labute approximate surface area is 201 Å². The van der Waals surface area contributed by atoms with E-state index in [2.05, 4.69) is 5.32 Å². The molecule has 1 fully saturated rings. The Bertz CT molecular complexity index is 1030. The van der Waals surface area contributed by atoms with Crippen molar-refractivity contribution in [1.29, 1.82) is 0 Å². The second-order valence-electron chi connectivity index (χ2n) is 8.80. The molecule has 0 aromatic heterocycles. The standard InChI is InChI=1S/C29H32N2O3/c32-28(22-34-26-18-8-3-9-19-26)31(21-24-14-6-2-7-15-24)27(20-23-12-4-1-5-13-23)29(33)30-25-16-10-11-17-25/h1-9,12-15,18-19,25,27H,10-11,16-17,20-22H2,(H,30,33)/t27-/m1/s1. The van der Waals surface area contributed by atoms with Gasteiger partial charge in [0.25, 0.3) is 5.91 Å². The summed E-state index contributed by atoms with van der Waals surface area (Å²) in [6, 6.07) is 28.5. The van der Waals surface area contributed by atoms with E-state index in [-0.39, 0.29) is 24.5 Å². The number of para-hydroxylation sites is 1. The molecule has 1 saturated carbocycles. The molecule has 0 radical (unpaired) electrons. The predicted molar refractivity (Wildman–Crippen MR) is 133 cm³/mol. The number of carbonyl (C=O) groups is 2. The number of nitrogens with one attached hydrogen (secondary N) is 1. The number of rotatable bonds is 10. The SMILES string of the molecule is O=C(NC1CCCC1)[C@@H](Cc1ccccc1)N(Cc1ccccc1)C(=O)COc1ccccc1. The van der Waals surface area contributed by atoms with Gasteiger partial charge < -0.3 is 15.0 Å². The van der Waals surface area contributed by atoms with E-state index in [1.807, 2.05) is 91.0 Å². The summed E-state index contributed by atoms with van der Waals surface area (Å²) < 4.78 is 5.78. The Kier molecular flexibility index (Phi) is 8.33. The van der Waals surface area contributed by atoms with E-state index >= 15 is 0 Å². The van der Waals surface area contributed by atoms with Crippen LogP contribution in [0.2, 0.25) is 0 Å². The molecule has 0 spiro atoms. The number of ether oxygens (including phenoxy) is 1. The molecule has 3 aromatic carbocycles. The fourth-order valence-electron chi connectivity index (χ4n) is 4.45. The summed E-state index contributed by atoms with van der Waals surface area (Å²) in [6.07, 6.45) is 4.70. The molecule has 5 nitrogen and oxygen atoms in total. The van der Waals surface area contributed by atoms with Crippen molar-refractivity contribution in [2.24, 2.45) is 0 Å². The summed E-state index contributed by atoms with van der Waals surface area (Å²) in [5, 5.41) is 3.22. The highest BCUT2D eigenvalue weighted by Crippen LogP contribution is 2.20. The first-order valence-electron chi connectivity index (χ1n) is 12.0. The van der Waals surface area contributed by atoms with Gasteiger partial charge in [0.1, 0.15) is 11.8 Å². The topological polar surface area (TPSA) is 58.6 Å². The second-order valence-corrected chi connectivity index (χ2v) is 8.80. The van der Waals surface area contributed by atoms with Crippen LogP contribution < -0.4 is 10.1 Å². The van der Waals surface area contributed by atoms with Crippen molar-refractivity contribution in [2.45, 2.75) is 50.7 Å². The molecule has 0 unspecified atom stereocenters. The molecule has 4 rings (SSSR count). The molecule has 2 amide bonds. The molecular formula is C29H32N2O3. The fraction of sp³-hybridized carbons (Fsp3) is 0.310. The molecule has 0 bridgehead atoms. The van der Waals surface area contributed by atoms with Crippen LogP contribution in [0.3, 0.4) is 0 Å². The zero-order valence-corrected chi connectivity index (χ0v) is 19.4. The van der Waals surface area contributed by atoms with Crippen LogP contribution in [0.15, 0.2) is 91.0 Å². The summed E-state index contributed by atoms with van der Waals surface area (Å²) in [7, 11) is 0. The molecule has 5 heteroatoms. The van der Waals surface area contributed by atoms with Gasteiger partial charge in [-0.2, -0.15) is 0 Å². The Balaban J connectivity index is 1.59. The van der Waals surface area contributed by atoms with Gasteiger partial charge in [-0.3, -0.25) is 9.59 Å². The van der Waals surface area contributed by atoms with Crippen molar-refractivity contribution in [1.82, 2.24) is 10.2 Å². The fourth-order valence-corrected chi connectivity index (χ4v) is 4.45. The Morgan fingerprint density at radius 2 is 1.38 bits per heavy atom. The minimum atomic E-state index is -0.630. The summed E-state index contributed by atoms with van der Waals surface area (Å²) in [4.78, 5) is 28.8. The van der Waals surface area contributed by atoms with Gasteiger partial charge in [-0.15, -0.1) is 0 Å². The van der Waals surface area contributed by atoms with E-state index in [0.717, 1.165) is 36.8 Å². The third-order valence-electron chi connectivity index (χ3n) is 6.27. The van der Waals surface area contributed by atoms with Gasteiger partial charge in [0.2, 0.25) is 5.91 Å². The molecule has 34 heavy (non-hydrogen) atoms. The Morgan fingerprint density at radius 3 is 2.00 bits per heavy atom. The normalized spacial score (nSPS) is 14.4. The van der Waals surface area contributed by atoms with Crippen LogP contribution >= 0.6 is 0 Å². The lowest BCUT2D eigenvalue weighted by molar-refractivity contribution is -0.143. The highest BCUT2D eigenvalue weighted by atomic mass is 16.5. The monoisotopic (exact) mass is 456 g/mol. The lowest BCUT2D eigenvalue weighted by Crippen LogP contribution is -2.53. The molecule has 0 heterocycles. The van der Waals surface area contributed by atoms with Crippen LogP contribution in [0.4, 0.5) is 0 Å². The van der Waals surface area contributed by atoms with Crippen molar-refractivity contribution in [3.63, 3.8) is 0 Å². The van der Waals surface area contributed by atoms with Gasteiger partial charge in [-0.1, -0.05) is 91.7 Å². The summed E-state index contributed by atoms with van der Waals surface area (Å²) in [5.74, 6) is 0.320. The van der Waals surface area contributed by atoms with Gasteiger partial charge in [0.15, 0.2) is 6.61 Å². The quantitative estimate of drug-likeness (QED) is 0.478. The van der Waals surface area contributed by atoms with Crippen LogP contribution in [0, 0.1) is 0 Å².